The van der Waals surface area contributed by atoms with Gasteiger partial charge in [0.05, 0.1) is 0 Å². The van der Waals surface area contributed by atoms with Crippen molar-refractivity contribution >= 4 is 5.78 Å². The molecule has 0 amide bonds. The molecule has 2 rings (SSSR count). The summed E-state index contributed by atoms with van der Waals surface area (Å²) in [7, 11) is 0. The summed E-state index contributed by atoms with van der Waals surface area (Å²) < 4.78 is 0. The zero-order valence-electron chi connectivity index (χ0n) is 11.6. The Balaban J connectivity index is 2.34. The van der Waals surface area contributed by atoms with Crippen LogP contribution in [0.4, 0.5) is 0 Å². The van der Waals surface area contributed by atoms with Crippen molar-refractivity contribution in [2.24, 2.45) is 0 Å². The lowest BCUT2D eigenvalue weighted by Crippen LogP contribution is -2.28. The molecule has 0 spiro atoms. The van der Waals surface area contributed by atoms with Gasteiger partial charge in [-0.2, -0.15) is 0 Å². The maximum absolute atomic E-state index is 12.1. The molecule has 23 heavy (non-hydrogen) atoms. The molecule has 0 saturated heterocycles. The summed E-state index contributed by atoms with van der Waals surface area (Å²) >= 11 is 0. The van der Waals surface area contributed by atoms with Gasteiger partial charge in [-0.3, -0.25) is 4.79 Å². The molecule has 8 nitrogen and oxygen atoms in total. The molecule has 0 aliphatic carbocycles. The van der Waals surface area contributed by atoms with Crippen LogP contribution in [-0.4, -0.2) is 47.6 Å². The zero-order chi connectivity index (χ0) is 17.3. The molecule has 0 saturated carbocycles. The number of ketones is 1. The van der Waals surface area contributed by atoms with Crippen LogP contribution in [0.5, 0.6) is 28.7 Å². The predicted molar refractivity (Wildman–Crippen MR) is 76.5 cm³/mol. The quantitative estimate of drug-likeness (QED) is 0.316. The molecule has 8 heteroatoms. The average molecular weight is 322 g/mol. The smallest absolute Gasteiger partial charge is 0.201 e. The summed E-state index contributed by atoms with van der Waals surface area (Å²) in [6, 6.07) is 4.76. The lowest BCUT2D eigenvalue weighted by molar-refractivity contribution is 0.0199. The molecule has 2 aromatic carbocycles. The number of carbonyl (C=O) groups is 1. The number of carbonyl (C=O) groups excluding carboxylic acids is 1. The first-order valence-electron chi connectivity index (χ1n) is 6.39. The third-order valence-corrected chi connectivity index (χ3v) is 3.24. The Hall–Kier alpha value is -2.97. The van der Waals surface area contributed by atoms with Gasteiger partial charge in [0, 0.05) is 12.1 Å². The van der Waals surface area contributed by atoms with Crippen LogP contribution in [0.2, 0.25) is 0 Å². The summed E-state index contributed by atoms with van der Waals surface area (Å²) in [5, 5.41) is 66.9. The van der Waals surface area contributed by atoms with Gasteiger partial charge in [0.1, 0.15) is 35.0 Å². The molecule has 0 aliphatic rings. The predicted octanol–water partition coefficient (Wildman–Crippen LogP) is 0.492. The number of benzene rings is 2. The lowest BCUT2D eigenvalue weighted by Gasteiger charge is -2.18. The fraction of sp³-hybridized carbons (Fsp3) is 0.133. The Bertz CT molecular complexity index is 732. The van der Waals surface area contributed by atoms with Crippen LogP contribution in [0.25, 0.3) is 0 Å². The summed E-state index contributed by atoms with van der Waals surface area (Å²) in [5.41, 5.74) is -0.740. The third-order valence-electron chi connectivity index (χ3n) is 3.24. The molecule has 0 aliphatic heterocycles. The minimum absolute atomic E-state index is 0.0705. The summed E-state index contributed by atoms with van der Waals surface area (Å²) in [5.74, 6) is -4.23. The van der Waals surface area contributed by atoms with E-state index in [4.69, 9.17) is 0 Å². The van der Waals surface area contributed by atoms with E-state index in [1.807, 2.05) is 0 Å². The van der Waals surface area contributed by atoms with E-state index in [9.17, 15) is 40.5 Å². The molecular formula is C15H14O8. The van der Waals surface area contributed by atoms with Crippen LogP contribution >= 0.6 is 0 Å². The minimum atomic E-state index is -2.07. The summed E-state index contributed by atoms with van der Waals surface area (Å²) in [6.07, 6.45) is -3.86. The fourth-order valence-corrected chi connectivity index (χ4v) is 2.05. The van der Waals surface area contributed by atoms with Crippen molar-refractivity contribution in [3.8, 4) is 28.7 Å². The monoisotopic (exact) mass is 322 g/mol. The molecule has 0 bridgehead atoms. The van der Waals surface area contributed by atoms with Crippen molar-refractivity contribution < 1.29 is 40.5 Å². The molecule has 2 atom stereocenters. The SMILES string of the molecule is O=C(c1c(O)cc(O)cc1O)[C@@H](O)[C@H](O)c1ccc(O)c(O)c1. The second-order valence-corrected chi connectivity index (χ2v) is 4.86. The van der Waals surface area contributed by atoms with Crippen LogP contribution in [0, 0.1) is 0 Å². The summed E-state index contributed by atoms with van der Waals surface area (Å²) in [4.78, 5) is 12.1. The fourth-order valence-electron chi connectivity index (χ4n) is 2.05. The van der Waals surface area contributed by atoms with E-state index in [1.54, 1.807) is 0 Å². The molecule has 0 fully saturated rings. The normalized spacial score (nSPS) is 13.5. The summed E-state index contributed by atoms with van der Waals surface area (Å²) in [6.45, 7) is 0. The van der Waals surface area contributed by atoms with Crippen molar-refractivity contribution in [2.45, 2.75) is 12.2 Å². The number of Topliss-reactive ketones (excluding diaryl/α,β-unsaturated/α-hetero) is 1. The van der Waals surface area contributed by atoms with E-state index in [0.717, 1.165) is 24.3 Å². The molecule has 122 valence electrons. The number of hydrogen-bond donors (Lipinski definition) is 7. The van der Waals surface area contributed by atoms with Gasteiger partial charge in [-0.1, -0.05) is 6.07 Å². The lowest BCUT2D eigenvalue weighted by atomic mass is 9.96. The van der Waals surface area contributed by atoms with E-state index in [1.165, 1.54) is 6.07 Å². The topological polar surface area (TPSA) is 159 Å². The van der Waals surface area contributed by atoms with Crippen molar-refractivity contribution in [1.82, 2.24) is 0 Å². The molecule has 0 unspecified atom stereocenters. The van der Waals surface area contributed by atoms with Crippen LogP contribution < -0.4 is 0 Å². The maximum atomic E-state index is 12.1. The van der Waals surface area contributed by atoms with Gasteiger partial charge in [0.15, 0.2) is 11.5 Å². The minimum Gasteiger partial charge on any atom is -0.508 e. The first-order chi connectivity index (χ1) is 10.7. The third kappa shape index (κ3) is 3.12. The van der Waals surface area contributed by atoms with Gasteiger partial charge in [-0.15, -0.1) is 0 Å². The molecule has 0 heterocycles. The molecule has 2 aromatic rings. The molecule has 0 radical (unpaired) electrons. The number of aliphatic hydroxyl groups excluding tert-OH is 2. The van der Waals surface area contributed by atoms with E-state index in [2.05, 4.69) is 0 Å². The number of hydrogen-bond acceptors (Lipinski definition) is 8. The van der Waals surface area contributed by atoms with Gasteiger partial charge < -0.3 is 35.7 Å². The average Bonchev–Trinajstić information content (AvgIpc) is 2.47. The van der Waals surface area contributed by atoms with Crippen molar-refractivity contribution in [3.05, 3.63) is 41.5 Å². The highest BCUT2D eigenvalue weighted by molar-refractivity contribution is 6.04. The Kier molecular flexibility index (Phi) is 4.30. The Morgan fingerprint density at radius 3 is 1.87 bits per heavy atom. The van der Waals surface area contributed by atoms with Gasteiger partial charge in [0.25, 0.3) is 0 Å². The number of rotatable bonds is 4. The first-order valence-corrected chi connectivity index (χ1v) is 6.39. The van der Waals surface area contributed by atoms with E-state index in [0.29, 0.717) is 0 Å². The van der Waals surface area contributed by atoms with E-state index in [-0.39, 0.29) is 5.56 Å². The highest BCUT2D eigenvalue weighted by Gasteiger charge is 2.31. The number of aromatic hydroxyl groups is 5. The number of phenolic OH excluding ortho intramolecular Hbond substituents is 5. The first kappa shape index (κ1) is 16.4. The molecular weight excluding hydrogens is 308 g/mol. The van der Waals surface area contributed by atoms with Crippen molar-refractivity contribution in [3.63, 3.8) is 0 Å². The molecule has 0 aromatic heterocycles. The van der Waals surface area contributed by atoms with E-state index < -0.39 is 52.3 Å². The Labute approximate surface area is 129 Å². The Morgan fingerprint density at radius 2 is 1.35 bits per heavy atom. The van der Waals surface area contributed by atoms with Crippen molar-refractivity contribution in [1.29, 1.82) is 0 Å². The maximum Gasteiger partial charge on any atom is 0.201 e. The van der Waals surface area contributed by atoms with Gasteiger partial charge in [-0.25, -0.2) is 0 Å². The second kappa shape index (κ2) is 6.03. The van der Waals surface area contributed by atoms with Crippen LogP contribution in [0.3, 0.4) is 0 Å². The van der Waals surface area contributed by atoms with E-state index >= 15 is 0 Å². The highest BCUT2D eigenvalue weighted by atomic mass is 16.3. The van der Waals surface area contributed by atoms with Crippen molar-refractivity contribution in [2.75, 3.05) is 0 Å². The van der Waals surface area contributed by atoms with Gasteiger partial charge in [-0.05, 0) is 17.7 Å². The molecule has 7 N–H and O–H groups in total. The zero-order valence-corrected chi connectivity index (χ0v) is 11.6. The Morgan fingerprint density at radius 1 is 0.783 bits per heavy atom. The van der Waals surface area contributed by atoms with Crippen LogP contribution in [0.15, 0.2) is 30.3 Å². The van der Waals surface area contributed by atoms with Gasteiger partial charge >= 0.3 is 0 Å². The number of phenols is 5. The van der Waals surface area contributed by atoms with Gasteiger partial charge in [0.2, 0.25) is 5.78 Å². The highest BCUT2D eigenvalue weighted by Crippen LogP contribution is 2.35. The second-order valence-electron chi connectivity index (χ2n) is 4.86. The standard InChI is InChI=1S/C15H14O8/c16-7-4-10(19)12(11(20)5-7)14(22)15(23)13(21)6-1-2-8(17)9(18)3-6/h1-5,13,15-21,23H/t13-,15+/m1/s1. The number of aliphatic hydroxyl groups is 2. The largest absolute Gasteiger partial charge is 0.508 e. The van der Waals surface area contributed by atoms with Crippen LogP contribution in [0.1, 0.15) is 22.0 Å². The van der Waals surface area contributed by atoms with Crippen LogP contribution in [-0.2, 0) is 0 Å².